The predicted molar refractivity (Wildman–Crippen MR) is 72.9 cm³/mol. The number of pyridine rings is 1. The number of carbonyl (C=O) groups is 1. The first kappa shape index (κ1) is 15.3. The Bertz CT molecular complexity index is 668. The molecule has 21 heavy (non-hydrogen) atoms. The molecule has 1 aromatic heterocycles. The van der Waals surface area contributed by atoms with Gasteiger partial charge in [0.1, 0.15) is 4.60 Å². The van der Waals surface area contributed by atoms with Crippen LogP contribution in [0, 0.1) is 5.82 Å². The van der Waals surface area contributed by atoms with Gasteiger partial charge in [0.05, 0.1) is 5.56 Å². The Morgan fingerprint density at radius 1 is 1.33 bits per heavy atom. The fourth-order valence-electron chi connectivity index (χ4n) is 1.52. The Hall–Kier alpha value is -2.09. The number of ether oxygens (including phenoxy) is 1. The normalized spacial score (nSPS) is 10.5. The van der Waals surface area contributed by atoms with Crippen LogP contribution in [-0.4, -0.2) is 17.5 Å². The maximum Gasteiger partial charge on any atom is 0.387 e. The molecule has 0 unspecified atom stereocenters. The molecule has 0 saturated heterocycles. The van der Waals surface area contributed by atoms with Crippen LogP contribution in [0.4, 0.5) is 18.9 Å². The molecule has 0 spiro atoms. The summed E-state index contributed by atoms with van der Waals surface area (Å²) in [6.07, 6.45) is 1.50. The Labute approximate surface area is 126 Å². The zero-order valence-corrected chi connectivity index (χ0v) is 11.9. The highest BCUT2D eigenvalue weighted by molar-refractivity contribution is 9.10. The Balaban J connectivity index is 2.15. The van der Waals surface area contributed by atoms with Crippen molar-refractivity contribution in [3.63, 3.8) is 0 Å². The summed E-state index contributed by atoms with van der Waals surface area (Å²) in [6.45, 7) is -3.12. The van der Waals surface area contributed by atoms with Gasteiger partial charge in [-0.05, 0) is 40.2 Å². The van der Waals surface area contributed by atoms with Crippen LogP contribution in [0.3, 0.4) is 0 Å². The summed E-state index contributed by atoms with van der Waals surface area (Å²) in [7, 11) is 0. The summed E-state index contributed by atoms with van der Waals surface area (Å²) >= 11 is 3.11. The standard InChI is InChI=1S/C13H8BrF3N2O2/c14-11-8(2-1-5-18-11)12(20)19-7-3-4-10(9(15)6-7)21-13(16)17/h1-6,13H,(H,19,20). The molecule has 1 amide bonds. The smallest absolute Gasteiger partial charge is 0.387 e. The summed E-state index contributed by atoms with van der Waals surface area (Å²) in [5.41, 5.74) is 0.362. The first-order valence-electron chi connectivity index (χ1n) is 5.63. The van der Waals surface area contributed by atoms with Crippen molar-refractivity contribution in [2.45, 2.75) is 6.61 Å². The van der Waals surface area contributed by atoms with Crippen molar-refractivity contribution in [1.29, 1.82) is 0 Å². The minimum absolute atomic E-state index is 0.106. The second-order valence-corrected chi connectivity index (χ2v) is 4.57. The van der Waals surface area contributed by atoms with E-state index in [0.29, 0.717) is 4.60 Å². The summed E-state index contributed by atoms with van der Waals surface area (Å²) < 4.78 is 41.8. The second kappa shape index (κ2) is 6.57. The second-order valence-electron chi connectivity index (χ2n) is 3.82. The fourth-order valence-corrected chi connectivity index (χ4v) is 1.95. The number of hydrogen-bond acceptors (Lipinski definition) is 3. The van der Waals surface area contributed by atoms with E-state index in [1.165, 1.54) is 18.3 Å². The molecule has 0 atom stereocenters. The van der Waals surface area contributed by atoms with Crippen LogP contribution in [0.25, 0.3) is 0 Å². The van der Waals surface area contributed by atoms with Crippen molar-refractivity contribution in [2.75, 3.05) is 5.32 Å². The third kappa shape index (κ3) is 3.94. The maximum absolute atomic E-state index is 13.5. The Kier molecular flexibility index (Phi) is 4.79. The van der Waals surface area contributed by atoms with E-state index in [0.717, 1.165) is 12.1 Å². The zero-order chi connectivity index (χ0) is 15.4. The van der Waals surface area contributed by atoms with E-state index in [4.69, 9.17) is 0 Å². The van der Waals surface area contributed by atoms with Gasteiger partial charge in [-0.1, -0.05) is 0 Å². The maximum atomic E-state index is 13.5. The molecule has 2 aromatic rings. The quantitative estimate of drug-likeness (QED) is 0.842. The zero-order valence-electron chi connectivity index (χ0n) is 10.3. The average molecular weight is 361 g/mol. The molecule has 2 rings (SSSR count). The van der Waals surface area contributed by atoms with Crippen molar-refractivity contribution < 1.29 is 22.7 Å². The lowest BCUT2D eigenvalue weighted by Crippen LogP contribution is -2.13. The lowest BCUT2D eigenvalue weighted by atomic mass is 10.2. The van der Waals surface area contributed by atoms with Gasteiger partial charge in [-0.25, -0.2) is 9.37 Å². The number of nitrogens with one attached hydrogen (secondary N) is 1. The molecule has 4 nitrogen and oxygen atoms in total. The third-order valence-corrected chi connectivity index (χ3v) is 3.04. The lowest BCUT2D eigenvalue weighted by molar-refractivity contribution is -0.0521. The summed E-state index contributed by atoms with van der Waals surface area (Å²) in [4.78, 5) is 15.8. The monoisotopic (exact) mass is 360 g/mol. The first-order valence-corrected chi connectivity index (χ1v) is 6.43. The molecule has 0 aliphatic heterocycles. The number of halogens is 4. The van der Waals surface area contributed by atoms with E-state index in [-0.39, 0.29) is 11.3 Å². The number of amides is 1. The lowest BCUT2D eigenvalue weighted by Gasteiger charge is -2.09. The van der Waals surface area contributed by atoms with Crippen molar-refractivity contribution in [2.24, 2.45) is 0 Å². The minimum atomic E-state index is -3.12. The van der Waals surface area contributed by atoms with Gasteiger partial charge in [0.2, 0.25) is 0 Å². The van der Waals surface area contributed by atoms with E-state index in [2.05, 4.69) is 31.0 Å². The molecule has 0 saturated carbocycles. The summed E-state index contributed by atoms with van der Waals surface area (Å²) in [6, 6.07) is 6.25. The van der Waals surface area contributed by atoms with Crippen LogP contribution in [0.15, 0.2) is 41.1 Å². The number of benzene rings is 1. The van der Waals surface area contributed by atoms with Gasteiger partial charge in [-0.2, -0.15) is 8.78 Å². The molecule has 0 aliphatic rings. The molecular weight excluding hydrogens is 353 g/mol. The van der Waals surface area contributed by atoms with Crippen molar-refractivity contribution in [3.8, 4) is 5.75 Å². The molecule has 8 heteroatoms. The van der Waals surface area contributed by atoms with E-state index in [1.807, 2.05) is 0 Å². The summed E-state index contributed by atoms with van der Waals surface area (Å²) in [5.74, 6) is -2.11. The minimum Gasteiger partial charge on any atom is -0.432 e. The highest BCUT2D eigenvalue weighted by Gasteiger charge is 2.13. The average Bonchev–Trinajstić information content (AvgIpc) is 2.42. The number of nitrogens with zero attached hydrogens (tertiary/aromatic N) is 1. The van der Waals surface area contributed by atoms with Gasteiger partial charge in [0.15, 0.2) is 11.6 Å². The molecule has 0 aliphatic carbocycles. The Morgan fingerprint density at radius 2 is 2.10 bits per heavy atom. The van der Waals surface area contributed by atoms with Crippen molar-refractivity contribution in [1.82, 2.24) is 4.98 Å². The predicted octanol–water partition coefficient (Wildman–Crippen LogP) is 3.84. The number of alkyl halides is 2. The van der Waals surface area contributed by atoms with Gasteiger partial charge in [-0.3, -0.25) is 4.79 Å². The molecule has 0 bridgehead atoms. The van der Waals surface area contributed by atoms with Crippen LogP contribution in [0.2, 0.25) is 0 Å². The number of hydrogen-bond donors (Lipinski definition) is 1. The SMILES string of the molecule is O=C(Nc1ccc(OC(F)F)c(F)c1)c1cccnc1Br. The fraction of sp³-hybridized carbons (Fsp3) is 0.0769. The molecule has 1 heterocycles. The number of anilines is 1. The summed E-state index contributed by atoms with van der Waals surface area (Å²) in [5, 5.41) is 2.43. The van der Waals surface area contributed by atoms with Crippen LogP contribution < -0.4 is 10.1 Å². The topological polar surface area (TPSA) is 51.2 Å². The van der Waals surface area contributed by atoms with Gasteiger partial charge >= 0.3 is 6.61 Å². The van der Waals surface area contributed by atoms with Gasteiger partial charge in [-0.15, -0.1) is 0 Å². The molecule has 0 fully saturated rings. The van der Waals surface area contributed by atoms with Gasteiger partial charge < -0.3 is 10.1 Å². The first-order chi connectivity index (χ1) is 9.97. The van der Waals surface area contributed by atoms with Gasteiger partial charge in [0.25, 0.3) is 5.91 Å². The molecule has 1 aromatic carbocycles. The molecule has 110 valence electrons. The molecule has 0 radical (unpaired) electrons. The third-order valence-electron chi connectivity index (χ3n) is 2.41. The van der Waals surface area contributed by atoms with Crippen LogP contribution in [0.5, 0.6) is 5.75 Å². The highest BCUT2D eigenvalue weighted by atomic mass is 79.9. The molecule has 1 N–H and O–H groups in total. The van der Waals surface area contributed by atoms with Crippen LogP contribution in [0.1, 0.15) is 10.4 Å². The van der Waals surface area contributed by atoms with Gasteiger partial charge in [0, 0.05) is 18.0 Å². The van der Waals surface area contributed by atoms with E-state index in [9.17, 15) is 18.0 Å². The molecular formula is C13H8BrF3N2O2. The van der Waals surface area contributed by atoms with Crippen molar-refractivity contribution >= 4 is 27.5 Å². The van der Waals surface area contributed by atoms with Crippen LogP contribution >= 0.6 is 15.9 Å². The van der Waals surface area contributed by atoms with E-state index >= 15 is 0 Å². The number of rotatable bonds is 4. The van der Waals surface area contributed by atoms with E-state index in [1.54, 1.807) is 6.07 Å². The van der Waals surface area contributed by atoms with Crippen LogP contribution in [-0.2, 0) is 0 Å². The van der Waals surface area contributed by atoms with E-state index < -0.39 is 24.1 Å². The highest BCUT2D eigenvalue weighted by Crippen LogP contribution is 2.23. The Morgan fingerprint density at radius 3 is 2.71 bits per heavy atom. The number of carbonyl (C=O) groups excluding carboxylic acids is 1. The number of aromatic nitrogens is 1. The van der Waals surface area contributed by atoms with Crippen molar-refractivity contribution in [3.05, 3.63) is 52.5 Å². The largest absolute Gasteiger partial charge is 0.432 e.